The highest BCUT2D eigenvalue weighted by Gasteiger charge is 2.36. The van der Waals surface area contributed by atoms with Crippen LogP contribution in [0.4, 0.5) is 22.7 Å². The van der Waals surface area contributed by atoms with Crippen LogP contribution in [0.15, 0.2) is 359 Å². The number of benzene rings is 12. The van der Waals surface area contributed by atoms with Crippen molar-refractivity contribution >= 4 is 86.5 Å². The van der Waals surface area contributed by atoms with Crippen molar-refractivity contribution in [2.45, 2.75) is 93.6 Å². The molecule has 0 aliphatic rings. The molecule has 0 aliphatic carbocycles. The van der Waals surface area contributed by atoms with Crippen LogP contribution in [0.25, 0.3) is 0 Å². The fourth-order valence-electron chi connectivity index (χ4n) is 14.3. The molecule has 0 saturated heterocycles. The van der Waals surface area contributed by atoms with E-state index in [-0.39, 0.29) is 121 Å². The van der Waals surface area contributed by atoms with Gasteiger partial charge in [0.25, 0.3) is 0 Å². The third kappa shape index (κ3) is 27.9. The first kappa shape index (κ1) is 95.9. The van der Waals surface area contributed by atoms with Crippen LogP contribution in [0, 0.1) is 5.41 Å². The predicted molar refractivity (Wildman–Crippen MR) is 496 cm³/mol. The minimum absolute atomic E-state index is 0.0941. The van der Waals surface area contributed by atoms with Crippen molar-refractivity contribution in [1.29, 1.82) is 0 Å². The number of hydrogen-bond acceptors (Lipinski definition) is 20. The molecule has 0 aromatic heterocycles. The number of carbonyl (C=O) groups excluding carboxylic acids is 4. The second kappa shape index (κ2) is 46.2. The fraction of sp³-hybridized carbons (Fsp3) is 0.216. The number of hydrogen-bond donors (Lipinski definition) is 12. The van der Waals surface area contributed by atoms with Crippen LogP contribution in [-0.4, -0.2) is 110 Å². The quantitative estimate of drug-likeness (QED) is 0.0158. The molecule has 28 nitrogen and oxygen atoms in total. The molecule has 16 N–H and O–H groups in total. The summed E-state index contributed by atoms with van der Waals surface area (Å²) in [6, 6.07) is 88.0. The highest BCUT2D eigenvalue weighted by molar-refractivity contribution is 7.90. The molecule has 12 aromatic rings. The summed E-state index contributed by atoms with van der Waals surface area (Å²) in [5.74, 6) is -2.08. The van der Waals surface area contributed by atoms with E-state index in [2.05, 4.69) is 40.2 Å². The third-order valence-electron chi connectivity index (χ3n) is 21.3. The predicted octanol–water partition coefficient (Wildman–Crippen LogP) is 13.0. The van der Waals surface area contributed by atoms with Gasteiger partial charge in [0, 0.05) is 22.7 Å². The molecule has 0 unspecified atom stereocenters. The van der Waals surface area contributed by atoms with E-state index in [1.165, 1.54) is 97.1 Å². The number of nitrogens with two attached hydrogens (primary N) is 4. The summed E-state index contributed by atoms with van der Waals surface area (Å²) in [7, 11) is -16.8. The lowest BCUT2D eigenvalue weighted by atomic mass is 9.92. The molecule has 4 amide bonds. The molecule has 12 aromatic carbocycles. The summed E-state index contributed by atoms with van der Waals surface area (Å²) in [4.78, 5) is 54.7. The molecule has 129 heavy (non-hydrogen) atoms. The first-order valence-corrected chi connectivity index (χ1v) is 47.6. The van der Waals surface area contributed by atoms with Crippen LogP contribution in [0.1, 0.15) is 119 Å². The molecule has 0 heterocycles. The lowest BCUT2D eigenvalue weighted by molar-refractivity contribution is -0.125. The Morgan fingerprint density at radius 3 is 0.550 bits per heavy atom. The van der Waals surface area contributed by atoms with Gasteiger partial charge in [-0.15, -0.1) is 0 Å². The molecule has 0 bridgehead atoms. The maximum Gasteiger partial charge on any atom is 0.241 e. The van der Waals surface area contributed by atoms with Crippen LogP contribution >= 0.6 is 0 Å². The topological polar surface area (TPSA) is 442 Å². The lowest BCUT2D eigenvalue weighted by Gasteiger charge is -2.33. The molecule has 0 spiro atoms. The zero-order valence-corrected chi connectivity index (χ0v) is 73.7. The Kier molecular flexibility index (Phi) is 34.4. The molecule has 8 atom stereocenters. The summed E-state index contributed by atoms with van der Waals surface area (Å²) < 4.78 is 149. The highest BCUT2D eigenvalue weighted by Crippen LogP contribution is 2.35. The third-order valence-corrected chi connectivity index (χ3v) is 27.1. The van der Waals surface area contributed by atoms with Crippen molar-refractivity contribution in [3.63, 3.8) is 0 Å². The Balaban J connectivity index is 0.731. The van der Waals surface area contributed by atoms with Gasteiger partial charge in [-0.25, -0.2) is 52.6 Å². The monoisotopic (exact) mass is 1820 g/mol. The van der Waals surface area contributed by atoms with Gasteiger partial charge < -0.3 is 63.1 Å². The summed E-state index contributed by atoms with van der Waals surface area (Å²) in [6.07, 6.45) is -0.956. The average Bonchev–Trinajstić information content (AvgIpc) is 0.813. The van der Waals surface area contributed by atoms with Crippen LogP contribution < -0.4 is 63.1 Å². The van der Waals surface area contributed by atoms with Crippen molar-refractivity contribution in [3.05, 3.63) is 384 Å². The summed E-state index contributed by atoms with van der Waals surface area (Å²) in [5.41, 5.74) is 32.0. The minimum Gasteiger partial charge on any atom is -0.380 e. The van der Waals surface area contributed by atoms with E-state index in [1.54, 1.807) is 97.1 Å². The van der Waals surface area contributed by atoms with Gasteiger partial charge in [-0.2, -0.15) is 0 Å². The minimum atomic E-state index is -4.20. The van der Waals surface area contributed by atoms with Crippen LogP contribution in [0.3, 0.4) is 0 Å². The molecule has 32 heteroatoms. The highest BCUT2D eigenvalue weighted by atomic mass is 32.2. The van der Waals surface area contributed by atoms with Crippen LogP contribution in [0.2, 0.25) is 0 Å². The van der Waals surface area contributed by atoms with Crippen molar-refractivity contribution in [2.24, 2.45) is 28.3 Å². The summed E-state index contributed by atoms with van der Waals surface area (Å²) in [6.45, 7) is -1.94. The Hall–Kier alpha value is -12.2. The van der Waals surface area contributed by atoms with Crippen LogP contribution in [0.5, 0.6) is 0 Å². The summed E-state index contributed by atoms with van der Waals surface area (Å²) in [5, 5.41) is 11.1. The largest absolute Gasteiger partial charge is 0.380 e. The summed E-state index contributed by atoms with van der Waals surface area (Å²) >= 11 is 0. The van der Waals surface area contributed by atoms with E-state index >= 15 is 0 Å². The van der Waals surface area contributed by atoms with Gasteiger partial charge in [0.2, 0.25) is 63.7 Å². The average molecular weight is 1820 g/mol. The fourth-order valence-corrected chi connectivity index (χ4v) is 19.3. The van der Waals surface area contributed by atoms with E-state index < -0.39 is 117 Å². The number of rotatable bonds is 48. The zero-order valence-electron chi connectivity index (χ0n) is 70.4. The second-order valence-electron chi connectivity index (χ2n) is 30.8. The van der Waals surface area contributed by atoms with Gasteiger partial charge in [-0.1, -0.05) is 243 Å². The standard InChI is InChI=1S/C97H104N12O16S4/c98-89(69-25-9-1-10-26-69)93(73-33-17-5-18-34-73)106-126(114,115)81-49-41-77(42-50-81)102-85(110)57-61-122-65-97(66-123-62-58-86(111)103-78-43-51-82(52-44-78)127(116,117)107-94(74-35-19-6-20-36-74)90(99)70-27-11-2-12-28-70,67-124-63-59-87(112)104-79-45-53-83(54-46-79)128(118,119)108-95(75-37-21-7-22-38-75)91(100)71-29-13-3-14-30-71)68-125-64-60-88(113)105-80-47-55-84(56-48-80)129(120,121)109-96(76-39-23-8-24-40-76)92(101)72-31-15-4-16-32-72/h1-56,89-96,106-109H,57-68,98-101H2,(H,102,110)(H,103,111)(H,104,112)(H,105,113)/t89-,90-,91-,92-,93-,94-,95-,96-/m1/s1. The zero-order chi connectivity index (χ0) is 91.2. The van der Waals surface area contributed by atoms with E-state index in [9.17, 15) is 52.8 Å². The SMILES string of the molecule is N[C@H](c1ccccc1)[C@H](NS(=O)(=O)c1ccc(NC(=O)CCOCC(COCCC(=O)Nc2ccc(S(=O)(=O)N[C@H](c3ccccc3)[C@H](N)c3ccccc3)cc2)(COCCC(=O)Nc2ccc(S(=O)(=O)N[C@H](c3ccccc3)[C@H](N)c3ccccc3)cc2)COCCC(=O)Nc2ccc(S(=O)(=O)N[C@H](c3ccccc3)[C@H](N)c3ccccc3)cc2)cc1)c1ccccc1. The molecule has 0 aliphatic heterocycles. The number of carbonyl (C=O) groups is 4. The van der Waals surface area contributed by atoms with Gasteiger partial charge >= 0.3 is 0 Å². The second-order valence-corrected chi connectivity index (χ2v) is 37.6. The molecular weight excluding hydrogens is 1720 g/mol. The number of sulfonamides is 4. The molecule has 672 valence electrons. The lowest BCUT2D eigenvalue weighted by Crippen LogP contribution is -2.42. The van der Waals surface area contributed by atoms with Gasteiger partial charge in [-0.3, -0.25) is 19.2 Å². The van der Waals surface area contributed by atoms with Gasteiger partial charge in [0.05, 0.1) is 152 Å². The van der Waals surface area contributed by atoms with Crippen LogP contribution in [-0.2, 0) is 78.2 Å². The Bertz CT molecular complexity index is 5330. The van der Waals surface area contributed by atoms with Crippen molar-refractivity contribution in [2.75, 3.05) is 74.1 Å². The number of ether oxygens (including phenoxy) is 4. The van der Waals surface area contributed by atoms with Crippen molar-refractivity contribution in [3.8, 4) is 0 Å². The first-order valence-electron chi connectivity index (χ1n) is 41.6. The number of nitrogens with one attached hydrogen (secondary N) is 8. The van der Waals surface area contributed by atoms with Gasteiger partial charge in [0.15, 0.2) is 0 Å². The molecule has 12 rings (SSSR count). The van der Waals surface area contributed by atoms with E-state index in [0.29, 0.717) is 44.5 Å². The Morgan fingerprint density at radius 2 is 0.388 bits per heavy atom. The Labute approximate surface area is 752 Å². The molecule has 0 radical (unpaired) electrons. The molecule has 0 fully saturated rings. The number of anilines is 4. The van der Waals surface area contributed by atoms with Gasteiger partial charge in [-0.05, 0) is 142 Å². The number of amides is 4. The van der Waals surface area contributed by atoms with Crippen molar-refractivity contribution in [1.82, 2.24) is 18.9 Å². The van der Waals surface area contributed by atoms with Crippen molar-refractivity contribution < 1.29 is 71.8 Å². The van der Waals surface area contributed by atoms with E-state index in [4.69, 9.17) is 41.9 Å². The van der Waals surface area contributed by atoms with Gasteiger partial charge in [0.1, 0.15) is 0 Å². The normalized spacial score (nSPS) is 13.9. The maximum absolute atomic E-state index is 14.1. The first-order chi connectivity index (χ1) is 62.2. The smallest absolute Gasteiger partial charge is 0.241 e. The maximum atomic E-state index is 14.1. The molecular formula is C97H104N12O16S4. The van der Waals surface area contributed by atoms with E-state index in [0.717, 1.165) is 0 Å². The molecule has 0 saturated carbocycles. The van der Waals surface area contributed by atoms with E-state index in [1.807, 2.05) is 146 Å². The Morgan fingerprint density at radius 1 is 0.233 bits per heavy atom.